The van der Waals surface area contributed by atoms with E-state index in [1.54, 1.807) is 17.5 Å². The first-order chi connectivity index (χ1) is 14.2. The van der Waals surface area contributed by atoms with E-state index in [1.807, 2.05) is 36.4 Å². The Morgan fingerprint density at radius 1 is 1.14 bits per heavy atom. The number of H-pyrrole nitrogens is 1. The standard InChI is InChI=1S/C20H20ClN7S/c21-14-3-1-12(2-4-14)18(25-8-6-22)15-10-16(13-5-7-24-17(23)9-13)29-19(15)20-26-11-27-28-20/h1-5,7,9-11,18,25H,6,8,22H2,(H2,23,24)(H,26,27,28). The Hall–Kier alpha value is -2.78. The molecule has 3 aromatic heterocycles. The van der Waals surface area contributed by atoms with Crippen LogP contribution in [0.3, 0.4) is 0 Å². The van der Waals surface area contributed by atoms with Crippen molar-refractivity contribution in [3.8, 4) is 21.1 Å². The third-order valence-corrected chi connectivity index (χ3v) is 5.92. The predicted octanol–water partition coefficient (Wildman–Crippen LogP) is 3.47. The lowest BCUT2D eigenvalue weighted by atomic mass is 9.98. The average Bonchev–Trinajstić information content (AvgIpc) is 3.39. The van der Waals surface area contributed by atoms with E-state index in [2.05, 4.69) is 31.5 Å². The van der Waals surface area contributed by atoms with Crippen LogP contribution in [0.1, 0.15) is 17.2 Å². The SMILES string of the molecule is NCCNC(c1ccc(Cl)cc1)c1cc(-c2ccnc(N)c2)sc1-c1ncn[nH]1. The molecule has 4 rings (SSSR count). The van der Waals surface area contributed by atoms with Crippen molar-refractivity contribution in [3.05, 3.63) is 71.1 Å². The summed E-state index contributed by atoms with van der Waals surface area (Å²) in [6.07, 6.45) is 3.22. The molecule has 7 nitrogen and oxygen atoms in total. The lowest BCUT2D eigenvalue weighted by molar-refractivity contribution is 0.614. The van der Waals surface area contributed by atoms with Gasteiger partial charge >= 0.3 is 0 Å². The van der Waals surface area contributed by atoms with Crippen LogP contribution >= 0.6 is 22.9 Å². The second kappa shape index (κ2) is 8.71. The quantitative estimate of drug-likeness (QED) is 0.360. The van der Waals surface area contributed by atoms with Gasteiger partial charge in [-0.15, -0.1) is 11.3 Å². The monoisotopic (exact) mass is 425 g/mol. The number of halogens is 1. The second-order valence-electron chi connectivity index (χ2n) is 6.43. The highest BCUT2D eigenvalue weighted by atomic mass is 35.5. The van der Waals surface area contributed by atoms with Crippen LogP contribution < -0.4 is 16.8 Å². The predicted molar refractivity (Wildman–Crippen MR) is 118 cm³/mol. The van der Waals surface area contributed by atoms with E-state index >= 15 is 0 Å². The molecule has 9 heteroatoms. The zero-order valence-corrected chi connectivity index (χ0v) is 17.0. The first-order valence-corrected chi connectivity index (χ1v) is 10.3. The minimum Gasteiger partial charge on any atom is -0.384 e. The van der Waals surface area contributed by atoms with Crippen molar-refractivity contribution in [1.82, 2.24) is 25.5 Å². The lowest BCUT2D eigenvalue weighted by Crippen LogP contribution is -2.28. The molecule has 0 bridgehead atoms. The average molecular weight is 426 g/mol. The van der Waals surface area contributed by atoms with E-state index in [9.17, 15) is 0 Å². The molecule has 6 N–H and O–H groups in total. The number of hydrogen-bond acceptors (Lipinski definition) is 7. The summed E-state index contributed by atoms with van der Waals surface area (Å²) in [4.78, 5) is 10.5. The first-order valence-electron chi connectivity index (χ1n) is 9.06. The number of benzene rings is 1. The molecule has 1 aromatic carbocycles. The molecule has 0 saturated heterocycles. The molecule has 4 aromatic rings. The highest BCUT2D eigenvalue weighted by molar-refractivity contribution is 7.19. The Morgan fingerprint density at radius 3 is 2.66 bits per heavy atom. The topological polar surface area (TPSA) is 119 Å². The summed E-state index contributed by atoms with van der Waals surface area (Å²) in [6.45, 7) is 1.19. The Kier molecular flexibility index (Phi) is 5.86. The highest BCUT2D eigenvalue weighted by Gasteiger charge is 2.23. The zero-order chi connectivity index (χ0) is 20.2. The number of aromatic nitrogens is 4. The van der Waals surface area contributed by atoms with Crippen molar-refractivity contribution in [2.45, 2.75) is 6.04 Å². The van der Waals surface area contributed by atoms with Crippen molar-refractivity contribution in [2.24, 2.45) is 5.73 Å². The summed E-state index contributed by atoms with van der Waals surface area (Å²) in [5.41, 5.74) is 14.8. The van der Waals surface area contributed by atoms with Gasteiger partial charge in [-0.2, -0.15) is 5.10 Å². The van der Waals surface area contributed by atoms with Gasteiger partial charge in [-0.3, -0.25) is 5.10 Å². The van der Waals surface area contributed by atoms with Gasteiger partial charge in [-0.25, -0.2) is 9.97 Å². The van der Waals surface area contributed by atoms with E-state index in [0.717, 1.165) is 26.4 Å². The molecule has 0 spiro atoms. The summed E-state index contributed by atoms with van der Waals surface area (Å²) >= 11 is 7.72. The first kappa shape index (κ1) is 19.5. The van der Waals surface area contributed by atoms with E-state index in [1.165, 1.54) is 6.33 Å². The number of anilines is 1. The maximum Gasteiger partial charge on any atom is 0.165 e. The van der Waals surface area contributed by atoms with Gasteiger partial charge in [0, 0.05) is 29.2 Å². The molecule has 0 amide bonds. The summed E-state index contributed by atoms with van der Waals surface area (Å²) in [7, 11) is 0. The van der Waals surface area contributed by atoms with Gasteiger partial charge in [-0.1, -0.05) is 23.7 Å². The number of aromatic amines is 1. The van der Waals surface area contributed by atoms with Crippen molar-refractivity contribution in [1.29, 1.82) is 0 Å². The smallest absolute Gasteiger partial charge is 0.165 e. The van der Waals surface area contributed by atoms with Gasteiger partial charge in [0.15, 0.2) is 5.82 Å². The molecule has 0 radical (unpaired) electrons. The molecular formula is C20H20ClN7S. The minimum atomic E-state index is -0.0832. The third-order valence-electron chi connectivity index (χ3n) is 4.46. The van der Waals surface area contributed by atoms with Crippen LogP contribution in [0.2, 0.25) is 5.02 Å². The van der Waals surface area contributed by atoms with E-state index in [0.29, 0.717) is 29.8 Å². The van der Waals surface area contributed by atoms with Crippen LogP contribution in [0, 0.1) is 0 Å². The Morgan fingerprint density at radius 2 is 1.97 bits per heavy atom. The minimum absolute atomic E-state index is 0.0832. The summed E-state index contributed by atoms with van der Waals surface area (Å²) < 4.78 is 0. The van der Waals surface area contributed by atoms with Gasteiger partial charge in [0.05, 0.1) is 10.9 Å². The summed E-state index contributed by atoms with van der Waals surface area (Å²) in [5, 5.41) is 11.2. The molecule has 1 unspecified atom stereocenters. The number of nitrogens with one attached hydrogen (secondary N) is 2. The maximum atomic E-state index is 6.10. The Labute approximate surface area is 177 Å². The number of nitrogen functional groups attached to an aromatic ring is 1. The van der Waals surface area contributed by atoms with Gasteiger partial charge in [0.25, 0.3) is 0 Å². The number of rotatable bonds is 7. The van der Waals surface area contributed by atoms with Gasteiger partial charge in [0.2, 0.25) is 0 Å². The van der Waals surface area contributed by atoms with Crippen LogP contribution in [0.4, 0.5) is 5.82 Å². The molecule has 0 saturated carbocycles. The molecule has 29 heavy (non-hydrogen) atoms. The molecule has 0 aliphatic heterocycles. The fourth-order valence-corrected chi connectivity index (χ4v) is 4.42. The van der Waals surface area contributed by atoms with Crippen LogP contribution in [0.25, 0.3) is 21.1 Å². The van der Waals surface area contributed by atoms with Crippen LogP contribution in [0.5, 0.6) is 0 Å². The number of thiophene rings is 1. The van der Waals surface area contributed by atoms with E-state index in [4.69, 9.17) is 23.1 Å². The van der Waals surface area contributed by atoms with Crippen LogP contribution in [-0.4, -0.2) is 33.3 Å². The number of nitrogens with two attached hydrogens (primary N) is 2. The molecule has 0 aliphatic carbocycles. The molecular weight excluding hydrogens is 406 g/mol. The van der Waals surface area contributed by atoms with E-state index < -0.39 is 0 Å². The molecule has 3 heterocycles. The van der Waals surface area contributed by atoms with Crippen molar-refractivity contribution < 1.29 is 0 Å². The van der Waals surface area contributed by atoms with Gasteiger partial charge in [-0.05, 0) is 47.0 Å². The number of nitrogens with zero attached hydrogens (tertiary/aromatic N) is 3. The Balaban J connectivity index is 1.85. The molecule has 0 fully saturated rings. The maximum absolute atomic E-state index is 6.10. The number of hydrogen-bond donors (Lipinski definition) is 4. The fourth-order valence-electron chi connectivity index (χ4n) is 3.15. The zero-order valence-electron chi connectivity index (χ0n) is 15.5. The van der Waals surface area contributed by atoms with E-state index in [-0.39, 0.29) is 6.04 Å². The normalized spacial score (nSPS) is 12.2. The lowest BCUT2D eigenvalue weighted by Gasteiger charge is -2.19. The highest BCUT2D eigenvalue weighted by Crippen LogP contribution is 2.41. The Bertz CT molecular complexity index is 1080. The second-order valence-corrected chi connectivity index (χ2v) is 7.91. The summed E-state index contributed by atoms with van der Waals surface area (Å²) in [5.74, 6) is 1.20. The molecule has 1 atom stereocenters. The summed E-state index contributed by atoms with van der Waals surface area (Å²) in [6, 6.07) is 13.7. The molecule has 0 aliphatic rings. The fraction of sp³-hybridized carbons (Fsp3) is 0.150. The van der Waals surface area contributed by atoms with Crippen LogP contribution in [-0.2, 0) is 0 Å². The van der Waals surface area contributed by atoms with Crippen molar-refractivity contribution in [3.63, 3.8) is 0 Å². The molecule has 148 valence electrons. The third kappa shape index (κ3) is 4.30. The largest absolute Gasteiger partial charge is 0.384 e. The number of pyridine rings is 1. The van der Waals surface area contributed by atoms with Crippen molar-refractivity contribution >= 4 is 28.8 Å². The van der Waals surface area contributed by atoms with Gasteiger partial charge < -0.3 is 16.8 Å². The van der Waals surface area contributed by atoms with Crippen molar-refractivity contribution in [2.75, 3.05) is 18.8 Å². The van der Waals surface area contributed by atoms with Crippen LogP contribution in [0.15, 0.2) is 55.0 Å². The van der Waals surface area contributed by atoms with Gasteiger partial charge in [0.1, 0.15) is 12.1 Å².